The lowest BCUT2D eigenvalue weighted by atomic mass is 11.6. The van der Waals surface area contributed by atoms with E-state index in [1.54, 1.807) is 5.86 Å². The highest BCUT2D eigenvalue weighted by Gasteiger charge is 2.26. The molecule has 0 aromatic carbocycles. The Bertz CT molecular complexity index is 182. The smallest absolute Gasteiger partial charge is 0.379 e. The lowest BCUT2D eigenvalue weighted by molar-refractivity contribution is 0.0879. The van der Waals surface area contributed by atoms with E-state index in [0.29, 0.717) is 6.79 Å². The summed E-state index contributed by atoms with van der Waals surface area (Å²) in [6.07, 6.45) is 0. The van der Waals surface area contributed by atoms with Crippen molar-refractivity contribution in [3.63, 3.8) is 0 Å². The van der Waals surface area contributed by atoms with Gasteiger partial charge in [-0.25, -0.2) is 0 Å². The number of rotatable bonds is 0. The summed E-state index contributed by atoms with van der Waals surface area (Å²) < 4.78 is 21.6. The van der Waals surface area contributed by atoms with Crippen LogP contribution < -0.4 is 0 Å². The van der Waals surface area contributed by atoms with Gasteiger partial charge in [-0.05, 0) is 19.6 Å². The number of hydrogen-bond donors (Lipinski definition) is 0. The van der Waals surface area contributed by atoms with Crippen LogP contribution in [0, 0.1) is 0 Å². The van der Waals surface area contributed by atoms with Crippen molar-refractivity contribution in [3.8, 4) is 0 Å². The van der Waals surface area contributed by atoms with E-state index < -0.39 is 27.2 Å². The molecule has 0 saturated heterocycles. The maximum atomic E-state index is 5.74. The summed E-state index contributed by atoms with van der Waals surface area (Å²) in [5.41, 5.74) is 0. The van der Waals surface area contributed by atoms with Gasteiger partial charge in [0, 0.05) is 0 Å². The van der Waals surface area contributed by atoms with Crippen molar-refractivity contribution in [2.45, 2.75) is 19.6 Å². The molecular formula is C5H14O4Si3. The molecule has 0 spiro atoms. The highest BCUT2D eigenvalue weighted by molar-refractivity contribution is 6.75. The van der Waals surface area contributed by atoms with Gasteiger partial charge in [0.05, 0.1) is 5.86 Å². The van der Waals surface area contributed by atoms with E-state index in [1.165, 1.54) is 0 Å². The van der Waals surface area contributed by atoms with Gasteiger partial charge in [-0.3, -0.25) is 0 Å². The highest BCUT2D eigenvalue weighted by Crippen LogP contribution is 2.06. The van der Waals surface area contributed by atoms with E-state index in [9.17, 15) is 0 Å². The van der Waals surface area contributed by atoms with Crippen molar-refractivity contribution in [3.05, 3.63) is 0 Å². The average molecular weight is 222 g/mol. The molecule has 70 valence electrons. The molecule has 0 unspecified atom stereocenters. The Kier molecular flexibility index (Phi) is 3.65. The van der Waals surface area contributed by atoms with Gasteiger partial charge in [0.15, 0.2) is 0 Å². The summed E-state index contributed by atoms with van der Waals surface area (Å²) in [5.74, 6) is 1.79. The Hall–Kier alpha value is 0.0406. The van der Waals surface area contributed by atoms with Crippen LogP contribution in [0.4, 0.5) is 0 Å². The predicted molar refractivity (Wildman–Crippen MR) is 52.9 cm³/mol. The molecule has 0 aliphatic carbocycles. The highest BCUT2D eigenvalue weighted by atomic mass is 28.4. The molecule has 0 atom stereocenters. The first kappa shape index (κ1) is 10.1. The van der Waals surface area contributed by atoms with Crippen molar-refractivity contribution in [1.29, 1.82) is 0 Å². The molecule has 0 saturated carbocycles. The summed E-state index contributed by atoms with van der Waals surface area (Å²) in [7, 11) is -3.74. The van der Waals surface area contributed by atoms with Gasteiger partial charge in [-0.2, -0.15) is 0 Å². The Morgan fingerprint density at radius 1 is 1.50 bits per heavy atom. The molecule has 1 aliphatic rings. The molecule has 1 heterocycles. The second kappa shape index (κ2) is 4.33. The van der Waals surface area contributed by atoms with Crippen LogP contribution in [0.25, 0.3) is 0 Å². The fourth-order valence-corrected chi connectivity index (χ4v) is 6.38. The summed E-state index contributed by atoms with van der Waals surface area (Å²) in [6.45, 7) is 6.41. The first-order valence-electron chi connectivity index (χ1n) is 3.79. The van der Waals surface area contributed by atoms with Crippen LogP contribution in [0.2, 0.25) is 19.6 Å². The third-order valence-corrected chi connectivity index (χ3v) is 6.83. The van der Waals surface area contributed by atoms with Crippen LogP contribution >= 0.6 is 0 Å². The number of hydrogen-bond acceptors (Lipinski definition) is 4. The van der Waals surface area contributed by atoms with Crippen molar-refractivity contribution in [1.82, 2.24) is 0 Å². The summed E-state index contributed by atoms with van der Waals surface area (Å²) in [5, 5.41) is 0. The molecular weight excluding hydrogens is 208 g/mol. The van der Waals surface area contributed by atoms with Crippen LogP contribution in [0.5, 0.6) is 0 Å². The second-order valence-corrected chi connectivity index (χ2v) is 9.32. The second-order valence-electron chi connectivity index (χ2n) is 2.98. The Balaban J connectivity index is 2.57. The Labute approximate surface area is 77.4 Å². The molecule has 0 bridgehead atoms. The summed E-state index contributed by atoms with van der Waals surface area (Å²) in [6, 6.07) is 0. The van der Waals surface area contributed by atoms with Crippen molar-refractivity contribution < 1.29 is 17.4 Å². The summed E-state index contributed by atoms with van der Waals surface area (Å²) in [4.78, 5) is 0. The van der Waals surface area contributed by atoms with Gasteiger partial charge in [-0.1, -0.05) is 0 Å². The Morgan fingerprint density at radius 3 is 3.00 bits per heavy atom. The fraction of sp³-hybridized carbons (Fsp3) is 0.800. The lowest BCUT2D eigenvalue weighted by Gasteiger charge is -2.23. The van der Waals surface area contributed by atoms with Crippen LogP contribution in [0.3, 0.4) is 0 Å². The van der Waals surface area contributed by atoms with E-state index >= 15 is 0 Å². The monoisotopic (exact) mass is 222 g/mol. The normalized spacial score (nSPS) is 30.1. The van der Waals surface area contributed by atoms with Crippen LogP contribution in [0.1, 0.15) is 0 Å². The molecule has 1 rings (SSSR count). The van der Waals surface area contributed by atoms with Crippen LogP contribution in [-0.2, 0) is 17.4 Å². The van der Waals surface area contributed by atoms with E-state index in [0.717, 1.165) is 0 Å². The predicted octanol–water partition coefficient (Wildman–Crippen LogP) is -0.313. The molecule has 0 aromatic heterocycles. The fourth-order valence-electron chi connectivity index (χ4n) is 0.858. The molecule has 4 nitrogen and oxygen atoms in total. The molecule has 12 heavy (non-hydrogen) atoms. The summed E-state index contributed by atoms with van der Waals surface area (Å²) >= 11 is 0. The molecule has 0 fully saturated rings. The van der Waals surface area contributed by atoms with Gasteiger partial charge in [-0.15, -0.1) is 0 Å². The average Bonchev–Trinajstić information content (AvgIpc) is 1.99. The van der Waals surface area contributed by atoms with E-state index in [1.807, 2.05) is 19.6 Å². The minimum Gasteiger partial charge on any atom is -0.585 e. The van der Waals surface area contributed by atoms with Gasteiger partial charge in [0.25, 0.3) is 0 Å². The topological polar surface area (TPSA) is 36.9 Å². The quantitative estimate of drug-likeness (QED) is 0.527. The minimum absolute atomic E-state index is 0.328. The molecule has 0 N–H and O–H groups in total. The van der Waals surface area contributed by atoms with Crippen molar-refractivity contribution in [2.75, 3.05) is 6.79 Å². The molecule has 7 heteroatoms. The molecule has 0 radical (unpaired) electrons. The van der Waals surface area contributed by atoms with Crippen molar-refractivity contribution in [2.24, 2.45) is 0 Å². The zero-order valence-corrected chi connectivity index (χ0v) is 11.0. The maximum Gasteiger partial charge on any atom is 0.379 e. The minimum atomic E-state index is -1.94. The van der Waals surface area contributed by atoms with E-state index in [-0.39, 0.29) is 0 Å². The van der Waals surface area contributed by atoms with Crippen LogP contribution in [0.15, 0.2) is 0 Å². The maximum absolute atomic E-state index is 5.74. The first-order chi connectivity index (χ1) is 5.60. The third kappa shape index (κ3) is 3.63. The molecule has 0 amide bonds. The van der Waals surface area contributed by atoms with Crippen molar-refractivity contribution >= 4 is 33.1 Å². The Morgan fingerprint density at radius 2 is 2.25 bits per heavy atom. The van der Waals surface area contributed by atoms with E-state index in [2.05, 4.69) is 0 Å². The zero-order chi connectivity index (χ0) is 9.03. The van der Waals surface area contributed by atoms with Gasteiger partial charge in [0.2, 0.25) is 8.65 Å². The molecule has 0 aromatic rings. The first-order valence-corrected chi connectivity index (χ1v) is 9.75. The molecule has 1 aliphatic heterocycles. The zero-order valence-electron chi connectivity index (χ0n) is 7.62. The van der Waals surface area contributed by atoms with Crippen LogP contribution in [-0.4, -0.2) is 39.9 Å². The standard InChI is InChI=1S/C5H14O4Si3/c1-11-5-7-10-6-4-8-12(2,3)9-11/h5H,4,10H2,1-3H3/b11-5+. The van der Waals surface area contributed by atoms with Gasteiger partial charge >= 0.3 is 18.6 Å². The third-order valence-electron chi connectivity index (χ3n) is 1.30. The lowest BCUT2D eigenvalue weighted by Crippen LogP contribution is -2.38. The SMILES string of the molecule is C/[Si]1=C\O[SiH2]OCO[Si](C)(C)O1. The van der Waals surface area contributed by atoms with E-state index in [4.69, 9.17) is 17.4 Å². The largest absolute Gasteiger partial charge is 0.585 e. The van der Waals surface area contributed by atoms with Gasteiger partial charge < -0.3 is 17.4 Å². The van der Waals surface area contributed by atoms with Gasteiger partial charge in [0.1, 0.15) is 6.79 Å².